The van der Waals surface area contributed by atoms with Gasteiger partial charge in [-0.1, -0.05) is 0 Å². The summed E-state index contributed by atoms with van der Waals surface area (Å²) < 4.78 is 62.3. The monoisotopic (exact) mass is 559 g/mol. The van der Waals surface area contributed by atoms with Gasteiger partial charge in [0.2, 0.25) is 11.5 Å². The number of alkyl halides is 3. The summed E-state index contributed by atoms with van der Waals surface area (Å²) in [6.45, 7) is 0.509. The van der Waals surface area contributed by atoms with Crippen LogP contribution in [0, 0.1) is 5.82 Å². The molecule has 3 aromatic rings. The van der Waals surface area contributed by atoms with Gasteiger partial charge in [0.15, 0.2) is 0 Å². The molecule has 2 aliphatic rings. The number of ether oxygens (including phenoxy) is 1. The third kappa shape index (κ3) is 4.60. The van der Waals surface area contributed by atoms with E-state index in [1.165, 1.54) is 31.4 Å². The van der Waals surface area contributed by atoms with Crippen molar-refractivity contribution in [1.82, 2.24) is 10.3 Å². The molecule has 0 aliphatic carbocycles. The first kappa shape index (κ1) is 27.3. The van der Waals surface area contributed by atoms with E-state index in [0.29, 0.717) is 22.5 Å². The number of carbonyl (C=O) groups excluding carboxylic acids is 2. The van der Waals surface area contributed by atoms with Crippen LogP contribution in [-0.2, 0) is 22.4 Å². The second-order valence-corrected chi connectivity index (χ2v) is 10.0. The SMILES string of the molecule is COc1cc(C(=O)NCC(O)(c2cc3c(c(-c4ccc(F)cc4)n2)NCC3(C)N)C(F)(F)F)cc2c1NC(=O)C2. The van der Waals surface area contributed by atoms with Gasteiger partial charge < -0.3 is 31.5 Å². The molecule has 2 aromatic carbocycles. The number of rotatable bonds is 6. The zero-order valence-corrected chi connectivity index (χ0v) is 21.4. The minimum Gasteiger partial charge on any atom is -0.495 e. The molecule has 2 unspecified atom stereocenters. The van der Waals surface area contributed by atoms with E-state index < -0.39 is 41.3 Å². The molecule has 0 saturated heterocycles. The third-order valence-corrected chi connectivity index (χ3v) is 7.06. The first-order valence-electron chi connectivity index (χ1n) is 12.2. The summed E-state index contributed by atoms with van der Waals surface area (Å²) in [5, 5.41) is 18.9. The number of nitrogens with two attached hydrogens (primary N) is 1. The van der Waals surface area contributed by atoms with Crippen LogP contribution in [0.1, 0.15) is 34.1 Å². The molecule has 210 valence electrons. The molecule has 0 bridgehead atoms. The number of benzene rings is 2. The van der Waals surface area contributed by atoms with Gasteiger partial charge in [-0.2, -0.15) is 13.2 Å². The Morgan fingerprint density at radius 3 is 2.55 bits per heavy atom. The number of aliphatic hydroxyl groups is 1. The lowest BCUT2D eigenvalue weighted by Gasteiger charge is -2.31. The number of anilines is 2. The molecule has 2 aliphatic heterocycles. The average Bonchev–Trinajstić information content (AvgIpc) is 3.43. The number of methoxy groups -OCH3 is 1. The molecule has 6 N–H and O–H groups in total. The van der Waals surface area contributed by atoms with Crippen molar-refractivity contribution < 1.29 is 37.0 Å². The lowest BCUT2D eigenvalue weighted by Crippen LogP contribution is -2.51. The topological polar surface area (TPSA) is 139 Å². The fourth-order valence-corrected chi connectivity index (χ4v) is 4.82. The van der Waals surface area contributed by atoms with E-state index in [2.05, 4.69) is 20.9 Å². The lowest BCUT2D eigenvalue weighted by atomic mass is 9.89. The molecule has 0 radical (unpaired) electrons. The van der Waals surface area contributed by atoms with Crippen LogP contribution in [0.5, 0.6) is 5.75 Å². The van der Waals surface area contributed by atoms with Gasteiger partial charge in [-0.15, -0.1) is 0 Å². The Morgan fingerprint density at radius 1 is 1.20 bits per heavy atom. The van der Waals surface area contributed by atoms with E-state index in [-0.39, 0.29) is 41.4 Å². The number of aromatic nitrogens is 1. The van der Waals surface area contributed by atoms with Crippen molar-refractivity contribution in [3.05, 3.63) is 70.7 Å². The standard InChI is InChI=1S/C27H25F4N5O4/c1-25(32)11-33-23-17(25)10-19(35-22(23)13-3-5-16(28)6-4-13)26(39,27(29,30)31)12-34-24(38)15-7-14-9-20(37)36-21(14)18(8-15)40-2/h3-8,10,33,39H,9,11-12,32H2,1-2H3,(H,34,38)(H,36,37). The Morgan fingerprint density at radius 2 is 1.90 bits per heavy atom. The highest BCUT2D eigenvalue weighted by Gasteiger charge is 2.57. The molecule has 0 fully saturated rings. The minimum atomic E-state index is -5.27. The number of hydrogen-bond acceptors (Lipinski definition) is 7. The molecular weight excluding hydrogens is 534 g/mol. The predicted molar refractivity (Wildman–Crippen MR) is 137 cm³/mol. The highest BCUT2D eigenvalue weighted by molar-refractivity contribution is 6.03. The molecule has 0 saturated carbocycles. The molecule has 13 heteroatoms. The lowest BCUT2D eigenvalue weighted by molar-refractivity contribution is -0.265. The number of carbonyl (C=O) groups is 2. The van der Waals surface area contributed by atoms with Crippen LogP contribution in [0.4, 0.5) is 28.9 Å². The molecule has 9 nitrogen and oxygen atoms in total. The number of nitrogens with zero attached hydrogens (tertiary/aromatic N) is 1. The Kier molecular flexibility index (Phi) is 6.46. The first-order valence-corrected chi connectivity index (χ1v) is 12.2. The number of pyridine rings is 1. The molecule has 0 spiro atoms. The number of amides is 2. The van der Waals surface area contributed by atoms with Crippen molar-refractivity contribution >= 4 is 23.2 Å². The van der Waals surface area contributed by atoms with Gasteiger partial charge >= 0.3 is 6.18 Å². The summed E-state index contributed by atoms with van der Waals surface area (Å²) in [7, 11) is 1.32. The molecule has 1 aromatic heterocycles. The number of nitrogens with one attached hydrogen (secondary N) is 3. The van der Waals surface area contributed by atoms with Gasteiger partial charge in [0.05, 0.1) is 48.4 Å². The largest absolute Gasteiger partial charge is 0.495 e. The van der Waals surface area contributed by atoms with Gasteiger partial charge in [0.1, 0.15) is 11.6 Å². The Bertz CT molecular complexity index is 1520. The molecular formula is C27H25F4N5O4. The zero-order chi connectivity index (χ0) is 29.0. The van der Waals surface area contributed by atoms with E-state index >= 15 is 0 Å². The van der Waals surface area contributed by atoms with Crippen molar-refractivity contribution in [1.29, 1.82) is 0 Å². The van der Waals surface area contributed by atoms with E-state index in [1.807, 2.05) is 0 Å². The Balaban J connectivity index is 1.54. The molecule has 5 rings (SSSR count). The van der Waals surface area contributed by atoms with Crippen LogP contribution in [0.3, 0.4) is 0 Å². The minimum absolute atomic E-state index is 0.0313. The van der Waals surface area contributed by atoms with Crippen LogP contribution in [0.15, 0.2) is 42.5 Å². The van der Waals surface area contributed by atoms with E-state index in [1.54, 1.807) is 6.92 Å². The van der Waals surface area contributed by atoms with Crippen LogP contribution in [0.25, 0.3) is 11.3 Å². The fraction of sp³-hybridized carbons (Fsp3) is 0.296. The van der Waals surface area contributed by atoms with Crippen LogP contribution in [0.2, 0.25) is 0 Å². The first-order chi connectivity index (χ1) is 18.7. The average molecular weight is 560 g/mol. The van der Waals surface area contributed by atoms with E-state index in [0.717, 1.165) is 18.2 Å². The summed E-state index contributed by atoms with van der Waals surface area (Å²) >= 11 is 0. The molecule has 2 amide bonds. The van der Waals surface area contributed by atoms with E-state index in [9.17, 15) is 32.3 Å². The second kappa shape index (κ2) is 9.45. The third-order valence-electron chi connectivity index (χ3n) is 7.06. The highest BCUT2D eigenvalue weighted by Crippen LogP contribution is 2.45. The highest BCUT2D eigenvalue weighted by atomic mass is 19.4. The summed E-state index contributed by atoms with van der Waals surface area (Å²) in [5.41, 5.74) is 2.54. The van der Waals surface area contributed by atoms with Crippen LogP contribution >= 0.6 is 0 Å². The number of fused-ring (bicyclic) bond motifs is 2. The van der Waals surface area contributed by atoms with Crippen molar-refractivity contribution in [3.63, 3.8) is 0 Å². The Hall–Kier alpha value is -4.23. The van der Waals surface area contributed by atoms with Gasteiger partial charge in [0, 0.05) is 23.2 Å². The number of halogens is 4. The predicted octanol–water partition coefficient (Wildman–Crippen LogP) is 3.17. The molecule has 40 heavy (non-hydrogen) atoms. The van der Waals surface area contributed by atoms with Crippen molar-refractivity contribution in [2.24, 2.45) is 5.73 Å². The Labute approximate surface area is 225 Å². The smallest absolute Gasteiger partial charge is 0.424 e. The van der Waals surface area contributed by atoms with E-state index in [4.69, 9.17) is 10.5 Å². The van der Waals surface area contributed by atoms with Crippen molar-refractivity contribution in [2.75, 3.05) is 30.8 Å². The number of hydrogen-bond donors (Lipinski definition) is 5. The van der Waals surface area contributed by atoms with Crippen molar-refractivity contribution in [3.8, 4) is 17.0 Å². The van der Waals surface area contributed by atoms with Gasteiger partial charge in [0.25, 0.3) is 5.91 Å². The summed E-state index contributed by atoms with van der Waals surface area (Å²) in [6.07, 6.45) is -5.30. The van der Waals surface area contributed by atoms with Gasteiger partial charge in [-0.3, -0.25) is 9.59 Å². The summed E-state index contributed by atoms with van der Waals surface area (Å²) in [5.74, 6) is -1.64. The van der Waals surface area contributed by atoms with Crippen LogP contribution in [-0.4, -0.2) is 48.3 Å². The fourth-order valence-electron chi connectivity index (χ4n) is 4.82. The normalized spacial score (nSPS) is 19.2. The summed E-state index contributed by atoms with van der Waals surface area (Å²) in [4.78, 5) is 28.9. The maximum absolute atomic E-state index is 14.5. The van der Waals surface area contributed by atoms with Gasteiger partial charge in [-0.25, -0.2) is 9.37 Å². The molecule has 3 heterocycles. The maximum atomic E-state index is 14.5. The van der Waals surface area contributed by atoms with Crippen molar-refractivity contribution in [2.45, 2.75) is 30.7 Å². The second-order valence-electron chi connectivity index (χ2n) is 10.0. The van der Waals surface area contributed by atoms with Gasteiger partial charge in [-0.05, 0) is 55.0 Å². The van der Waals surface area contributed by atoms with Crippen LogP contribution < -0.4 is 26.4 Å². The quantitative estimate of drug-likeness (QED) is 0.293. The maximum Gasteiger partial charge on any atom is 0.424 e. The summed E-state index contributed by atoms with van der Waals surface area (Å²) in [6, 6.07) is 8.68. The zero-order valence-electron chi connectivity index (χ0n) is 21.4. The molecule has 2 atom stereocenters.